The van der Waals surface area contributed by atoms with Crippen LogP contribution in [0.3, 0.4) is 0 Å². The highest BCUT2D eigenvalue weighted by atomic mass is 19.4. The van der Waals surface area contributed by atoms with Gasteiger partial charge in [0, 0.05) is 28.0 Å². The van der Waals surface area contributed by atoms with Gasteiger partial charge in [-0.15, -0.1) is 0 Å². The smallest absolute Gasteiger partial charge is 0.252 e. The van der Waals surface area contributed by atoms with Crippen molar-refractivity contribution in [1.82, 2.24) is 9.97 Å². The molecule has 0 unspecified atom stereocenters. The summed E-state index contributed by atoms with van der Waals surface area (Å²) in [5, 5.41) is 19.5. The lowest BCUT2D eigenvalue weighted by Crippen LogP contribution is -2.13. The summed E-state index contributed by atoms with van der Waals surface area (Å²) in [4.78, 5) is 24.2. The van der Waals surface area contributed by atoms with Crippen molar-refractivity contribution in [1.29, 1.82) is 10.5 Å². The summed E-state index contributed by atoms with van der Waals surface area (Å²) in [7, 11) is 0. The highest BCUT2D eigenvalue weighted by molar-refractivity contribution is 6.39. The fourth-order valence-corrected chi connectivity index (χ4v) is 4.79. The maximum Gasteiger partial charge on any atom is 0.433 e. The van der Waals surface area contributed by atoms with Crippen molar-refractivity contribution in [2.45, 2.75) is 26.9 Å². The largest absolute Gasteiger partial charge is 0.433 e. The lowest BCUT2D eigenvalue weighted by atomic mass is 9.93. The van der Waals surface area contributed by atoms with E-state index >= 15 is 0 Å². The highest BCUT2D eigenvalue weighted by Crippen LogP contribution is 2.48. The Morgan fingerprint density at radius 1 is 0.732 bits per heavy atom. The van der Waals surface area contributed by atoms with Crippen LogP contribution >= 0.6 is 0 Å². The summed E-state index contributed by atoms with van der Waals surface area (Å²) in [6.45, 7) is 20.3. The van der Waals surface area contributed by atoms with Gasteiger partial charge in [-0.1, -0.05) is 0 Å². The summed E-state index contributed by atoms with van der Waals surface area (Å²) >= 11 is 0. The molecule has 4 heterocycles. The zero-order valence-electron chi connectivity index (χ0n) is 21.7. The average molecular weight is 545 g/mol. The van der Waals surface area contributed by atoms with Crippen molar-refractivity contribution in [3.63, 3.8) is 0 Å². The van der Waals surface area contributed by atoms with E-state index < -0.39 is 11.9 Å². The summed E-state index contributed by atoms with van der Waals surface area (Å²) in [6, 6.07) is 12.8. The second-order valence-corrected chi connectivity index (χ2v) is 9.29. The Morgan fingerprint density at radius 2 is 1.20 bits per heavy atom. The normalized spacial score (nSPS) is 15.9. The third kappa shape index (κ3) is 4.52. The van der Waals surface area contributed by atoms with E-state index in [4.69, 9.17) is 13.1 Å². The van der Waals surface area contributed by atoms with Crippen molar-refractivity contribution in [3.8, 4) is 12.1 Å². The molecule has 0 atom stereocenters. The molecule has 1 aromatic carbocycles. The van der Waals surface area contributed by atoms with Gasteiger partial charge in [0.05, 0.1) is 59.5 Å². The number of alkyl halides is 3. The Labute approximate surface area is 232 Å². The summed E-state index contributed by atoms with van der Waals surface area (Å²) < 4.78 is 40.7. The number of aliphatic imine (C=N–C) groups is 2. The van der Waals surface area contributed by atoms with Crippen LogP contribution in [-0.2, 0) is 6.18 Å². The molecule has 3 aromatic rings. The van der Waals surface area contributed by atoms with E-state index in [1.807, 2.05) is 32.1 Å². The molecule has 0 bridgehead atoms. The van der Waals surface area contributed by atoms with Crippen LogP contribution in [0.2, 0.25) is 0 Å². The fourth-order valence-electron chi connectivity index (χ4n) is 4.79. The minimum atomic E-state index is -4.73. The molecule has 11 heteroatoms. The minimum Gasteiger partial charge on any atom is -0.252 e. The van der Waals surface area contributed by atoms with Crippen LogP contribution in [0, 0.1) is 56.6 Å². The van der Waals surface area contributed by atoms with E-state index in [0.29, 0.717) is 33.9 Å². The topological polar surface area (TPSA) is 107 Å². The van der Waals surface area contributed by atoms with Crippen molar-refractivity contribution in [2.24, 2.45) is 9.98 Å². The monoisotopic (exact) mass is 544 g/mol. The molecule has 196 valence electrons. The van der Waals surface area contributed by atoms with Gasteiger partial charge in [0.1, 0.15) is 5.69 Å². The molecule has 0 radical (unpaired) electrons. The molecule has 5 rings (SSSR count). The van der Waals surface area contributed by atoms with Crippen LogP contribution in [0.15, 0.2) is 57.8 Å². The second kappa shape index (κ2) is 9.68. The molecule has 0 aliphatic carbocycles. The van der Waals surface area contributed by atoms with Gasteiger partial charge in [0.15, 0.2) is 0 Å². The van der Waals surface area contributed by atoms with Gasteiger partial charge in [-0.2, -0.15) is 13.2 Å². The first kappa shape index (κ1) is 26.7. The Morgan fingerprint density at radius 3 is 1.61 bits per heavy atom. The molecular formula is C30H15F3N8. The maximum absolute atomic E-state index is 13.6. The number of hydrogen-bond donors (Lipinski definition) is 0. The highest BCUT2D eigenvalue weighted by Gasteiger charge is 2.36. The Balaban J connectivity index is 1.79. The Bertz CT molecular complexity index is 1950. The molecule has 0 saturated carbocycles. The molecule has 8 nitrogen and oxygen atoms in total. The van der Waals surface area contributed by atoms with E-state index in [1.165, 1.54) is 13.0 Å². The molecule has 0 fully saturated rings. The first-order valence-corrected chi connectivity index (χ1v) is 11.9. The van der Waals surface area contributed by atoms with Crippen molar-refractivity contribution >= 4 is 33.9 Å². The average Bonchev–Trinajstić information content (AvgIpc) is 3.46. The molecule has 2 aromatic heterocycles. The van der Waals surface area contributed by atoms with Gasteiger partial charge >= 0.3 is 6.18 Å². The number of hydrogen-bond acceptors (Lipinski definition) is 6. The SMILES string of the molecule is [C-]#[N+]/C(C#N)=C1\C(c2cc(C)cc(C)n2)=Nc2cc3c(cc21)N=C(c1cc(C)cc(C(F)(F)F)n1)/C3=C(\C#N)[N+]#[C-]. The standard InChI is InChI=1S/C30H15F3N8/c1-14-6-16(3)38-21(7-14)28-26(23(12-34)36-4)17-10-20-18(11-19(17)40-28)27(24(13-35)37-5)29(41-20)22-8-15(2)9-25(39-22)30(31,32)33/h6-11H,1-3H3/b26-23-,27-24+. The Hall–Kier alpha value is -5.91. The van der Waals surface area contributed by atoms with Crippen LogP contribution in [0.5, 0.6) is 0 Å². The zero-order valence-corrected chi connectivity index (χ0v) is 21.7. The van der Waals surface area contributed by atoms with E-state index in [2.05, 4.69) is 29.6 Å². The number of pyridine rings is 2. The van der Waals surface area contributed by atoms with Gasteiger partial charge in [0.25, 0.3) is 11.4 Å². The van der Waals surface area contributed by atoms with Gasteiger partial charge in [0.2, 0.25) is 0 Å². The third-order valence-electron chi connectivity index (χ3n) is 6.34. The fraction of sp³-hybridized carbons (Fsp3) is 0.133. The molecule has 0 amide bonds. The molecule has 0 N–H and O–H groups in total. The van der Waals surface area contributed by atoms with Crippen molar-refractivity contribution < 1.29 is 13.2 Å². The Kier molecular flexibility index (Phi) is 6.30. The first-order chi connectivity index (χ1) is 19.5. The van der Waals surface area contributed by atoms with Crippen LogP contribution in [0.25, 0.3) is 20.8 Å². The molecule has 41 heavy (non-hydrogen) atoms. The quantitative estimate of drug-likeness (QED) is 0.256. The lowest BCUT2D eigenvalue weighted by molar-refractivity contribution is -0.141. The van der Waals surface area contributed by atoms with Crippen LogP contribution in [-0.4, -0.2) is 21.4 Å². The van der Waals surface area contributed by atoms with Crippen LogP contribution in [0.1, 0.15) is 45.0 Å². The van der Waals surface area contributed by atoms with Gasteiger partial charge in [-0.3, -0.25) is 4.98 Å². The molecular weight excluding hydrogens is 529 g/mol. The number of benzene rings is 1. The summed E-state index contributed by atoms with van der Waals surface area (Å²) in [6.07, 6.45) is -4.73. The number of allylic oxidation sites excluding steroid dienone is 4. The lowest BCUT2D eigenvalue weighted by Gasteiger charge is -2.11. The van der Waals surface area contributed by atoms with E-state index in [1.54, 1.807) is 18.2 Å². The van der Waals surface area contributed by atoms with Gasteiger partial charge in [-0.25, -0.2) is 35.2 Å². The van der Waals surface area contributed by atoms with Crippen LogP contribution < -0.4 is 0 Å². The van der Waals surface area contributed by atoms with Crippen molar-refractivity contribution in [3.05, 3.63) is 116 Å². The van der Waals surface area contributed by atoms with E-state index in [0.717, 1.165) is 11.6 Å². The molecule has 2 aliphatic heterocycles. The van der Waals surface area contributed by atoms with Crippen LogP contribution in [0.4, 0.5) is 24.5 Å². The summed E-state index contributed by atoms with van der Waals surface area (Å²) in [5.74, 6) is 0. The number of aryl methyl sites for hydroxylation is 3. The third-order valence-corrected chi connectivity index (χ3v) is 6.34. The van der Waals surface area contributed by atoms with Gasteiger partial charge in [-0.05, 0) is 68.3 Å². The number of aromatic nitrogens is 2. The zero-order chi connectivity index (χ0) is 29.6. The van der Waals surface area contributed by atoms with E-state index in [9.17, 15) is 23.7 Å². The molecule has 2 aliphatic rings. The summed E-state index contributed by atoms with van der Waals surface area (Å²) in [5.41, 5.74) is 2.17. The first-order valence-electron chi connectivity index (χ1n) is 11.9. The minimum absolute atomic E-state index is 0.0240. The van der Waals surface area contributed by atoms with Crippen molar-refractivity contribution in [2.75, 3.05) is 0 Å². The predicted octanol–water partition coefficient (Wildman–Crippen LogP) is 7.00. The second-order valence-electron chi connectivity index (χ2n) is 9.29. The number of rotatable bonds is 2. The molecule has 0 saturated heterocycles. The molecule has 0 spiro atoms. The number of halogens is 3. The number of nitriles is 2. The maximum atomic E-state index is 13.6. The predicted molar refractivity (Wildman–Crippen MR) is 145 cm³/mol. The van der Waals surface area contributed by atoms with E-state index in [-0.39, 0.29) is 45.2 Å². The van der Waals surface area contributed by atoms with Gasteiger partial charge < -0.3 is 0 Å². The number of fused-ring (bicyclic) bond motifs is 2. The number of nitrogens with zero attached hydrogens (tertiary/aromatic N) is 8.